The van der Waals surface area contributed by atoms with E-state index in [1.165, 1.54) is 0 Å². The molecule has 0 saturated heterocycles. The van der Waals surface area contributed by atoms with Crippen LogP contribution in [0.4, 0.5) is 0 Å². The molecule has 2 N–H and O–H groups in total. The minimum Gasteiger partial charge on any atom is -0.462 e. The van der Waals surface area contributed by atoms with E-state index in [0.717, 1.165) is 26.0 Å². The van der Waals surface area contributed by atoms with Gasteiger partial charge in [-0.15, -0.1) is 0 Å². The van der Waals surface area contributed by atoms with E-state index < -0.39 is 0 Å². The standard InChI is InChI=1S/C13H13Br2NO2/c1-17-7-11-2-3-12(18-11)13(16)8-4-9(14)6-10(15)5-8/h2-6,13H,7,16H2,1H3. The Morgan fingerprint density at radius 3 is 2.50 bits per heavy atom. The van der Waals surface area contributed by atoms with Gasteiger partial charge in [0.25, 0.3) is 0 Å². The molecular formula is C13H13Br2NO2. The third-order valence-electron chi connectivity index (χ3n) is 2.52. The SMILES string of the molecule is COCc1ccc(C(N)c2cc(Br)cc(Br)c2)o1. The number of hydrogen-bond acceptors (Lipinski definition) is 3. The largest absolute Gasteiger partial charge is 0.462 e. The lowest BCUT2D eigenvalue weighted by molar-refractivity contribution is 0.162. The first kappa shape index (κ1) is 13.8. The number of hydrogen-bond donors (Lipinski definition) is 1. The molecule has 2 aromatic rings. The van der Waals surface area contributed by atoms with Gasteiger partial charge in [-0.3, -0.25) is 0 Å². The molecule has 2 rings (SSSR count). The first-order chi connectivity index (χ1) is 8.60. The second kappa shape index (κ2) is 6.02. The Bertz CT molecular complexity index is 519. The molecular weight excluding hydrogens is 362 g/mol. The van der Waals surface area contributed by atoms with E-state index >= 15 is 0 Å². The van der Waals surface area contributed by atoms with Crippen molar-refractivity contribution in [3.8, 4) is 0 Å². The van der Waals surface area contributed by atoms with Crippen LogP contribution in [0.2, 0.25) is 0 Å². The van der Waals surface area contributed by atoms with Crippen LogP contribution in [0.25, 0.3) is 0 Å². The summed E-state index contributed by atoms with van der Waals surface area (Å²) in [7, 11) is 1.63. The maximum atomic E-state index is 6.19. The van der Waals surface area contributed by atoms with Crippen molar-refractivity contribution in [2.45, 2.75) is 12.6 Å². The van der Waals surface area contributed by atoms with Crippen LogP contribution >= 0.6 is 31.9 Å². The fourth-order valence-corrected chi connectivity index (χ4v) is 3.03. The Balaban J connectivity index is 2.26. The van der Waals surface area contributed by atoms with Crippen LogP contribution in [0.3, 0.4) is 0 Å². The molecule has 0 amide bonds. The number of halogens is 2. The normalized spacial score (nSPS) is 12.7. The number of rotatable bonds is 4. The zero-order valence-corrected chi connectivity index (χ0v) is 13.0. The molecule has 1 unspecified atom stereocenters. The maximum absolute atomic E-state index is 6.19. The summed E-state index contributed by atoms with van der Waals surface area (Å²) in [6.07, 6.45) is 0. The van der Waals surface area contributed by atoms with Gasteiger partial charge < -0.3 is 14.9 Å². The van der Waals surface area contributed by atoms with Gasteiger partial charge in [-0.25, -0.2) is 0 Å². The summed E-state index contributed by atoms with van der Waals surface area (Å²) < 4.78 is 12.6. The molecule has 1 heterocycles. The molecule has 0 bridgehead atoms. The predicted octanol–water partition coefficient (Wildman–Crippen LogP) is 4.00. The summed E-state index contributed by atoms with van der Waals surface area (Å²) in [5.41, 5.74) is 7.17. The second-order valence-corrected chi connectivity index (χ2v) is 5.75. The molecule has 96 valence electrons. The predicted molar refractivity (Wildman–Crippen MR) is 77.3 cm³/mol. The van der Waals surface area contributed by atoms with Crippen molar-refractivity contribution in [2.24, 2.45) is 5.73 Å². The summed E-state index contributed by atoms with van der Waals surface area (Å²) >= 11 is 6.90. The molecule has 1 aromatic heterocycles. The molecule has 0 saturated carbocycles. The molecule has 0 aliphatic carbocycles. The van der Waals surface area contributed by atoms with Crippen LogP contribution in [0.1, 0.15) is 23.1 Å². The van der Waals surface area contributed by atoms with Gasteiger partial charge in [-0.1, -0.05) is 31.9 Å². The van der Waals surface area contributed by atoms with Gasteiger partial charge in [0.15, 0.2) is 0 Å². The van der Waals surface area contributed by atoms with Gasteiger partial charge in [-0.05, 0) is 35.9 Å². The van der Waals surface area contributed by atoms with Crippen LogP contribution in [-0.4, -0.2) is 7.11 Å². The van der Waals surface area contributed by atoms with Crippen molar-refractivity contribution in [3.05, 3.63) is 56.4 Å². The van der Waals surface area contributed by atoms with Crippen molar-refractivity contribution in [3.63, 3.8) is 0 Å². The van der Waals surface area contributed by atoms with E-state index in [2.05, 4.69) is 31.9 Å². The molecule has 5 heteroatoms. The first-order valence-corrected chi connectivity index (χ1v) is 6.98. The molecule has 0 fully saturated rings. The molecule has 1 aromatic carbocycles. The van der Waals surface area contributed by atoms with Crippen LogP contribution in [0.5, 0.6) is 0 Å². The number of methoxy groups -OCH3 is 1. The van der Waals surface area contributed by atoms with Crippen LogP contribution < -0.4 is 5.73 Å². The summed E-state index contributed by atoms with van der Waals surface area (Å²) in [6.45, 7) is 0.453. The van der Waals surface area contributed by atoms with Gasteiger partial charge in [0.1, 0.15) is 18.1 Å². The van der Waals surface area contributed by atoms with E-state index in [4.69, 9.17) is 14.9 Å². The van der Waals surface area contributed by atoms with Crippen LogP contribution in [0, 0.1) is 0 Å². The van der Waals surface area contributed by atoms with Crippen LogP contribution in [0.15, 0.2) is 43.7 Å². The van der Waals surface area contributed by atoms with E-state index in [-0.39, 0.29) is 6.04 Å². The number of benzene rings is 1. The highest BCUT2D eigenvalue weighted by molar-refractivity contribution is 9.11. The number of nitrogens with two attached hydrogens (primary N) is 1. The Morgan fingerprint density at radius 1 is 1.22 bits per heavy atom. The number of ether oxygens (including phenoxy) is 1. The molecule has 0 spiro atoms. The van der Waals surface area contributed by atoms with Crippen molar-refractivity contribution >= 4 is 31.9 Å². The molecule has 0 radical (unpaired) electrons. The molecule has 1 atom stereocenters. The van der Waals surface area contributed by atoms with E-state index in [1.807, 2.05) is 30.3 Å². The zero-order valence-electron chi connectivity index (χ0n) is 9.82. The third kappa shape index (κ3) is 3.23. The zero-order chi connectivity index (χ0) is 13.1. The highest BCUT2D eigenvalue weighted by Gasteiger charge is 2.14. The second-order valence-electron chi connectivity index (χ2n) is 3.92. The van der Waals surface area contributed by atoms with Crippen molar-refractivity contribution in [2.75, 3.05) is 7.11 Å². The number of furan rings is 1. The highest BCUT2D eigenvalue weighted by atomic mass is 79.9. The quantitative estimate of drug-likeness (QED) is 0.879. The Hall–Kier alpha value is -0.620. The van der Waals surface area contributed by atoms with Gasteiger partial charge in [-0.2, -0.15) is 0 Å². The summed E-state index contributed by atoms with van der Waals surface area (Å²) in [5.74, 6) is 1.50. The summed E-state index contributed by atoms with van der Waals surface area (Å²) in [5, 5.41) is 0. The average molecular weight is 375 g/mol. The van der Waals surface area contributed by atoms with Gasteiger partial charge >= 0.3 is 0 Å². The first-order valence-electron chi connectivity index (χ1n) is 5.39. The monoisotopic (exact) mass is 373 g/mol. The Labute approximate surface area is 123 Å². The lowest BCUT2D eigenvalue weighted by Crippen LogP contribution is -2.10. The fraction of sp³-hybridized carbons (Fsp3) is 0.231. The Kier molecular flexibility index (Phi) is 4.61. The average Bonchev–Trinajstić information content (AvgIpc) is 2.76. The minimum absolute atomic E-state index is 0.288. The van der Waals surface area contributed by atoms with E-state index in [9.17, 15) is 0 Å². The lowest BCUT2D eigenvalue weighted by Gasteiger charge is -2.10. The van der Waals surface area contributed by atoms with E-state index in [1.54, 1.807) is 7.11 Å². The highest BCUT2D eigenvalue weighted by Crippen LogP contribution is 2.27. The summed E-state index contributed by atoms with van der Waals surface area (Å²) in [6, 6.07) is 9.40. The lowest BCUT2D eigenvalue weighted by atomic mass is 10.1. The van der Waals surface area contributed by atoms with Gasteiger partial charge in [0.2, 0.25) is 0 Å². The molecule has 0 aliphatic rings. The smallest absolute Gasteiger partial charge is 0.129 e. The molecule has 18 heavy (non-hydrogen) atoms. The Morgan fingerprint density at radius 2 is 1.89 bits per heavy atom. The van der Waals surface area contributed by atoms with Crippen molar-refractivity contribution in [1.29, 1.82) is 0 Å². The topological polar surface area (TPSA) is 48.4 Å². The van der Waals surface area contributed by atoms with Crippen molar-refractivity contribution < 1.29 is 9.15 Å². The molecule has 0 aliphatic heterocycles. The van der Waals surface area contributed by atoms with E-state index in [0.29, 0.717) is 6.61 Å². The third-order valence-corrected chi connectivity index (χ3v) is 3.44. The van der Waals surface area contributed by atoms with Crippen molar-refractivity contribution in [1.82, 2.24) is 0 Å². The van der Waals surface area contributed by atoms with Crippen LogP contribution in [-0.2, 0) is 11.3 Å². The minimum atomic E-state index is -0.288. The van der Waals surface area contributed by atoms with Gasteiger partial charge in [0, 0.05) is 16.1 Å². The fourth-order valence-electron chi connectivity index (χ4n) is 1.70. The molecule has 3 nitrogen and oxygen atoms in total. The van der Waals surface area contributed by atoms with Gasteiger partial charge in [0.05, 0.1) is 6.04 Å². The summed E-state index contributed by atoms with van der Waals surface area (Å²) in [4.78, 5) is 0. The maximum Gasteiger partial charge on any atom is 0.129 e.